The van der Waals surface area contributed by atoms with Crippen molar-refractivity contribution in [2.45, 2.75) is 31.8 Å². The maximum absolute atomic E-state index is 13.3. The van der Waals surface area contributed by atoms with E-state index in [2.05, 4.69) is 27.3 Å². The Morgan fingerprint density at radius 2 is 1.66 bits per heavy atom. The lowest BCUT2D eigenvalue weighted by Crippen LogP contribution is -2.52. The summed E-state index contributed by atoms with van der Waals surface area (Å²) in [5.74, 6) is 1.85. The third-order valence-corrected chi connectivity index (χ3v) is 7.62. The number of piperidine rings is 1. The Morgan fingerprint density at radius 1 is 0.947 bits per heavy atom. The number of amides is 2. The fraction of sp³-hybridized carbons (Fsp3) is 0.367. The number of rotatable bonds is 7. The molecule has 1 N–H and O–H groups in total. The molecule has 8 heteroatoms. The SMILES string of the molecule is COc1ccc(C2CCN(C(=O)c3ccc(C)c(NC(=O)c4ccc(N5CC(OC)C5)nc4)c3)CC2)cc1. The minimum Gasteiger partial charge on any atom is -0.497 e. The number of carbonyl (C=O) groups excluding carboxylic acids is 2. The van der Waals surface area contributed by atoms with Crippen molar-refractivity contribution in [3.8, 4) is 5.75 Å². The molecule has 2 saturated heterocycles. The highest BCUT2D eigenvalue weighted by atomic mass is 16.5. The van der Waals surface area contributed by atoms with Crippen LogP contribution in [0.4, 0.5) is 11.5 Å². The van der Waals surface area contributed by atoms with Crippen LogP contribution in [0.2, 0.25) is 0 Å². The predicted octanol–water partition coefficient (Wildman–Crippen LogP) is 4.51. The van der Waals surface area contributed by atoms with Crippen LogP contribution in [-0.4, -0.2) is 68.2 Å². The Kier molecular flexibility index (Phi) is 7.60. The molecule has 38 heavy (non-hydrogen) atoms. The average Bonchev–Trinajstić information content (AvgIpc) is 2.94. The van der Waals surface area contributed by atoms with Crippen LogP contribution in [0.3, 0.4) is 0 Å². The van der Waals surface area contributed by atoms with Crippen molar-refractivity contribution in [2.24, 2.45) is 0 Å². The Balaban J connectivity index is 1.19. The first kappa shape index (κ1) is 25.7. The number of carbonyl (C=O) groups is 2. The Labute approximate surface area is 223 Å². The summed E-state index contributed by atoms with van der Waals surface area (Å²) in [6.45, 7) is 4.92. The molecule has 0 atom stereocenters. The van der Waals surface area contributed by atoms with E-state index in [0.29, 0.717) is 35.8 Å². The summed E-state index contributed by atoms with van der Waals surface area (Å²) in [5, 5.41) is 2.96. The normalized spacial score (nSPS) is 16.2. The van der Waals surface area contributed by atoms with Crippen molar-refractivity contribution >= 4 is 23.3 Å². The molecule has 198 valence electrons. The first-order chi connectivity index (χ1) is 18.4. The number of nitrogens with zero attached hydrogens (tertiary/aromatic N) is 3. The first-order valence-electron chi connectivity index (χ1n) is 13.0. The third-order valence-electron chi connectivity index (χ3n) is 7.62. The number of hydrogen-bond donors (Lipinski definition) is 1. The fourth-order valence-electron chi connectivity index (χ4n) is 5.04. The topological polar surface area (TPSA) is 84.0 Å². The largest absolute Gasteiger partial charge is 0.497 e. The minimum atomic E-state index is -0.254. The monoisotopic (exact) mass is 514 g/mol. The molecule has 3 aromatic rings. The zero-order valence-electron chi connectivity index (χ0n) is 22.1. The van der Waals surface area contributed by atoms with Gasteiger partial charge in [0.2, 0.25) is 0 Å². The van der Waals surface area contributed by atoms with Gasteiger partial charge < -0.3 is 24.6 Å². The zero-order valence-corrected chi connectivity index (χ0v) is 22.1. The van der Waals surface area contributed by atoms with Gasteiger partial charge in [0.1, 0.15) is 11.6 Å². The first-order valence-corrected chi connectivity index (χ1v) is 13.0. The molecule has 0 radical (unpaired) electrons. The number of aromatic nitrogens is 1. The summed E-state index contributed by atoms with van der Waals surface area (Å²) in [6.07, 6.45) is 3.65. The van der Waals surface area contributed by atoms with Gasteiger partial charge in [0.25, 0.3) is 11.8 Å². The van der Waals surface area contributed by atoms with Crippen LogP contribution in [0.25, 0.3) is 0 Å². The Morgan fingerprint density at radius 3 is 2.29 bits per heavy atom. The Hall–Kier alpha value is -3.91. The van der Waals surface area contributed by atoms with Gasteiger partial charge in [-0.3, -0.25) is 9.59 Å². The van der Waals surface area contributed by atoms with Crippen molar-refractivity contribution in [3.63, 3.8) is 0 Å². The van der Waals surface area contributed by atoms with E-state index in [-0.39, 0.29) is 17.9 Å². The minimum absolute atomic E-state index is 0.0105. The van der Waals surface area contributed by atoms with Crippen molar-refractivity contribution in [1.82, 2.24) is 9.88 Å². The average molecular weight is 515 g/mol. The molecule has 2 aliphatic rings. The number of methoxy groups -OCH3 is 2. The van der Waals surface area contributed by atoms with Gasteiger partial charge in [-0.2, -0.15) is 0 Å². The van der Waals surface area contributed by atoms with E-state index in [1.807, 2.05) is 42.2 Å². The second-order valence-corrected chi connectivity index (χ2v) is 9.99. The standard InChI is InChI=1S/C30H34N4O4/c1-20-4-5-23(30(36)33-14-12-22(13-15-33)21-6-9-25(37-2)10-7-21)16-27(20)32-29(35)24-8-11-28(31-17-24)34-18-26(19-34)38-3/h4-11,16-17,22,26H,12-15,18-19H2,1-3H3,(H,32,35). The summed E-state index contributed by atoms with van der Waals surface area (Å²) in [4.78, 5) is 34.7. The fourth-order valence-corrected chi connectivity index (χ4v) is 5.04. The van der Waals surface area contributed by atoms with Crippen molar-refractivity contribution in [1.29, 1.82) is 0 Å². The summed E-state index contributed by atoms with van der Waals surface area (Å²) in [6, 6.07) is 17.3. The van der Waals surface area contributed by atoms with Crippen LogP contribution in [0.5, 0.6) is 5.75 Å². The second-order valence-electron chi connectivity index (χ2n) is 9.99. The molecule has 0 unspecified atom stereocenters. The smallest absolute Gasteiger partial charge is 0.257 e. The molecule has 2 fully saturated rings. The lowest BCUT2D eigenvalue weighted by Gasteiger charge is -2.38. The number of pyridine rings is 1. The molecule has 2 aromatic carbocycles. The van der Waals surface area contributed by atoms with Crippen molar-refractivity contribution in [3.05, 3.63) is 83.0 Å². The second kappa shape index (κ2) is 11.2. The van der Waals surface area contributed by atoms with E-state index in [1.54, 1.807) is 32.5 Å². The number of aryl methyl sites for hydroxylation is 1. The van der Waals surface area contributed by atoms with Gasteiger partial charge in [0, 0.05) is 50.7 Å². The molecule has 0 bridgehead atoms. The Bertz CT molecular complexity index is 1280. The van der Waals surface area contributed by atoms with Gasteiger partial charge in [-0.15, -0.1) is 0 Å². The summed E-state index contributed by atoms with van der Waals surface area (Å²) >= 11 is 0. The predicted molar refractivity (Wildman–Crippen MR) is 147 cm³/mol. The third kappa shape index (κ3) is 5.50. The number of likely N-dealkylation sites (tertiary alicyclic amines) is 1. The lowest BCUT2D eigenvalue weighted by molar-refractivity contribution is 0.0712. The lowest BCUT2D eigenvalue weighted by atomic mass is 9.89. The van der Waals surface area contributed by atoms with Crippen LogP contribution in [0, 0.1) is 6.92 Å². The maximum atomic E-state index is 13.3. The number of nitrogens with one attached hydrogen (secondary N) is 1. The quantitative estimate of drug-likeness (QED) is 0.500. The van der Waals surface area contributed by atoms with E-state index in [0.717, 1.165) is 43.1 Å². The highest BCUT2D eigenvalue weighted by Crippen LogP contribution is 2.30. The highest BCUT2D eigenvalue weighted by molar-refractivity contribution is 6.05. The number of anilines is 2. The molecular formula is C30H34N4O4. The van der Waals surface area contributed by atoms with Crippen molar-refractivity contribution in [2.75, 3.05) is 50.6 Å². The molecule has 5 rings (SSSR count). The van der Waals surface area contributed by atoms with Gasteiger partial charge in [0.05, 0.1) is 18.8 Å². The highest BCUT2D eigenvalue weighted by Gasteiger charge is 2.28. The molecule has 2 amide bonds. The van der Waals surface area contributed by atoms with E-state index in [1.165, 1.54) is 5.56 Å². The molecule has 2 aliphatic heterocycles. The molecule has 8 nitrogen and oxygen atoms in total. The summed E-state index contributed by atoms with van der Waals surface area (Å²) < 4.78 is 10.6. The molecule has 1 aromatic heterocycles. The van der Waals surface area contributed by atoms with Crippen LogP contribution in [0.1, 0.15) is 50.6 Å². The van der Waals surface area contributed by atoms with Crippen LogP contribution in [0.15, 0.2) is 60.8 Å². The maximum Gasteiger partial charge on any atom is 0.257 e. The van der Waals surface area contributed by atoms with Gasteiger partial charge in [-0.25, -0.2) is 4.98 Å². The summed E-state index contributed by atoms with van der Waals surface area (Å²) in [5.41, 5.74) is 3.85. The van der Waals surface area contributed by atoms with Crippen LogP contribution >= 0.6 is 0 Å². The number of ether oxygens (including phenoxy) is 2. The van der Waals surface area contributed by atoms with Gasteiger partial charge >= 0.3 is 0 Å². The van der Waals surface area contributed by atoms with Crippen LogP contribution < -0.4 is 15.0 Å². The number of benzene rings is 2. The molecule has 3 heterocycles. The van der Waals surface area contributed by atoms with Crippen LogP contribution in [-0.2, 0) is 4.74 Å². The molecule has 0 saturated carbocycles. The molecule has 0 spiro atoms. The van der Waals surface area contributed by atoms with Gasteiger partial charge in [0.15, 0.2) is 0 Å². The molecular weight excluding hydrogens is 480 g/mol. The summed E-state index contributed by atoms with van der Waals surface area (Å²) in [7, 11) is 3.38. The van der Waals surface area contributed by atoms with Crippen molar-refractivity contribution < 1.29 is 19.1 Å². The van der Waals surface area contributed by atoms with E-state index in [9.17, 15) is 9.59 Å². The van der Waals surface area contributed by atoms with E-state index < -0.39 is 0 Å². The van der Waals surface area contributed by atoms with Gasteiger partial charge in [-0.1, -0.05) is 18.2 Å². The van der Waals surface area contributed by atoms with E-state index in [4.69, 9.17) is 9.47 Å². The van der Waals surface area contributed by atoms with Gasteiger partial charge in [-0.05, 0) is 73.2 Å². The molecule has 0 aliphatic carbocycles. The zero-order chi connectivity index (χ0) is 26.6. The van der Waals surface area contributed by atoms with E-state index >= 15 is 0 Å². The number of hydrogen-bond acceptors (Lipinski definition) is 6.